The van der Waals surface area contributed by atoms with Gasteiger partial charge in [-0.05, 0) is 6.42 Å². The van der Waals surface area contributed by atoms with E-state index in [4.69, 9.17) is 0 Å². The number of methoxy groups -OCH3 is 1. The van der Waals surface area contributed by atoms with Crippen molar-refractivity contribution in [1.29, 1.82) is 0 Å². The molecule has 0 N–H and O–H groups in total. The zero-order valence-corrected chi connectivity index (χ0v) is 8.27. The minimum atomic E-state index is -0.0782. The number of carbonyl (C=O) groups excluding carboxylic acids is 1. The largest absolute Gasteiger partial charge is 0.469 e. The van der Waals surface area contributed by atoms with Crippen LogP contribution in [0.1, 0.15) is 51.9 Å². The molecule has 0 saturated carbocycles. The second kappa shape index (κ2) is 8.57. The Morgan fingerprint density at radius 1 is 1.08 bits per heavy atom. The smallest absolute Gasteiger partial charge is 0.305 e. The average Bonchev–Trinajstić information content (AvgIpc) is 2.10. The molecule has 0 aromatic rings. The predicted octanol–water partition coefficient (Wildman–Crippen LogP) is 2.91. The fourth-order valence-electron chi connectivity index (χ4n) is 1.15. The van der Waals surface area contributed by atoms with Gasteiger partial charge in [0.25, 0.3) is 0 Å². The molecule has 0 aromatic carbocycles. The first-order chi connectivity index (χ1) is 5.81. The SMILES string of the molecule is CCCCCCCC[13C](=O)O[13CH3]. The van der Waals surface area contributed by atoms with Crippen molar-refractivity contribution in [2.24, 2.45) is 0 Å². The first kappa shape index (κ1) is 11.5. The minimum Gasteiger partial charge on any atom is -0.469 e. The maximum atomic E-state index is 10.7. The van der Waals surface area contributed by atoms with Crippen LogP contribution in [0.15, 0.2) is 0 Å². The molecule has 0 aliphatic rings. The summed E-state index contributed by atoms with van der Waals surface area (Å²) in [5, 5.41) is 0. The van der Waals surface area contributed by atoms with Gasteiger partial charge < -0.3 is 4.74 Å². The van der Waals surface area contributed by atoms with Crippen LogP contribution in [0.5, 0.6) is 0 Å². The van der Waals surface area contributed by atoms with Crippen LogP contribution in [0, 0.1) is 0 Å². The van der Waals surface area contributed by atoms with E-state index < -0.39 is 0 Å². The van der Waals surface area contributed by atoms with Crippen LogP contribution in [0.3, 0.4) is 0 Å². The number of rotatable bonds is 7. The van der Waals surface area contributed by atoms with E-state index in [-0.39, 0.29) is 5.97 Å². The van der Waals surface area contributed by atoms with Gasteiger partial charge in [0.15, 0.2) is 0 Å². The molecule has 0 rings (SSSR count). The van der Waals surface area contributed by atoms with E-state index in [0.29, 0.717) is 6.42 Å². The van der Waals surface area contributed by atoms with Crippen LogP contribution in [0.2, 0.25) is 0 Å². The molecule has 0 saturated heterocycles. The highest BCUT2D eigenvalue weighted by molar-refractivity contribution is 5.68. The van der Waals surface area contributed by atoms with Crippen LogP contribution in [0.25, 0.3) is 0 Å². The van der Waals surface area contributed by atoms with E-state index in [2.05, 4.69) is 11.7 Å². The van der Waals surface area contributed by atoms with E-state index in [1.54, 1.807) is 0 Å². The Hall–Kier alpha value is -0.530. The monoisotopic (exact) mass is 174 g/mol. The first-order valence-electron chi connectivity index (χ1n) is 4.88. The van der Waals surface area contributed by atoms with Gasteiger partial charge in [0.05, 0.1) is 7.11 Å². The lowest BCUT2D eigenvalue weighted by atomic mass is 10.1. The summed E-state index contributed by atoms with van der Waals surface area (Å²) in [5.74, 6) is -0.0782. The highest BCUT2D eigenvalue weighted by atomic mass is 16.7. The van der Waals surface area contributed by atoms with Crippen molar-refractivity contribution >= 4 is 5.97 Å². The second-order valence-electron chi connectivity index (χ2n) is 3.09. The van der Waals surface area contributed by atoms with Gasteiger partial charge in [-0.3, -0.25) is 4.79 Å². The molecule has 0 amide bonds. The van der Waals surface area contributed by atoms with E-state index in [1.165, 1.54) is 32.8 Å². The number of hydrogen-bond donors (Lipinski definition) is 0. The molecule has 0 bridgehead atoms. The molecule has 72 valence electrons. The molecule has 0 atom stereocenters. The van der Waals surface area contributed by atoms with Gasteiger partial charge in [0.2, 0.25) is 0 Å². The van der Waals surface area contributed by atoms with Crippen molar-refractivity contribution in [3.8, 4) is 0 Å². The topological polar surface area (TPSA) is 26.3 Å². The van der Waals surface area contributed by atoms with Crippen LogP contribution in [-0.2, 0) is 9.53 Å². The van der Waals surface area contributed by atoms with Gasteiger partial charge in [-0.1, -0.05) is 39.0 Å². The number of esters is 1. The molecule has 0 fully saturated rings. The summed E-state index contributed by atoms with van der Waals surface area (Å²) in [6, 6.07) is 0. The van der Waals surface area contributed by atoms with Crippen LogP contribution >= 0.6 is 0 Å². The van der Waals surface area contributed by atoms with Crippen molar-refractivity contribution in [3.63, 3.8) is 0 Å². The summed E-state index contributed by atoms with van der Waals surface area (Å²) >= 11 is 0. The molecule has 0 unspecified atom stereocenters. The second-order valence-corrected chi connectivity index (χ2v) is 3.09. The highest BCUT2D eigenvalue weighted by Gasteiger charge is 1.98. The third-order valence-corrected chi connectivity index (χ3v) is 1.96. The van der Waals surface area contributed by atoms with Gasteiger partial charge in [-0.15, -0.1) is 0 Å². The number of ether oxygens (including phenoxy) is 1. The summed E-state index contributed by atoms with van der Waals surface area (Å²) in [6.07, 6.45) is 7.88. The molecule has 0 aliphatic carbocycles. The Balaban J connectivity index is 2.95. The van der Waals surface area contributed by atoms with Gasteiger partial charge in [0, 0.05) is 6.42 Å². The van der Waals surface area contributed by atoms with Gasteiger partial charge in [0.1, 0.15) is 0 Å². The van der Waals surface area contributed by atoms with Gasteiger partial charge >= 0.3 is 5.97 Å². The lowest BCUT2D eigenvalue weighted by molar-refractivity contribution is -0.140. The standard InChI is InChI=1S/C10H20O2/c1-3-4-5-6-7-8-9-10(11)12-2/h3-9H2,1-2H3/i2+1,10+1. The molecule has 0 aromatic heterocycles. The maximum absolute atomic E-state index is 10.7. The fourth-order valence-corrected chi connectivity index (χ4v) is 1.15. The normalized spacial score (nSPS) is 9.83. The Kier molecular flexibility index (Phi) is 8.19. The van der Waals surface area contributed by atoms with Crippen molar-refractivity contribution in [2.45, 2.75) is 51.9 Å². The molecular weight excluding hydrogens is 154 g/mol. The highest BCUT2D eigenvalue weighted by Crippen LogP contribution is 2.06. The van der Waals surface area contributed by atoms with Crippen molar-refractivity contribution in [1.82, 2.24) is 0 Å². The minimum absolute atomic E-state index is 0.0782. The molecule has 0 heterocycles. The van der Waals surface area contributed by atoms with Crippen LogP contribution in [-0.4, -0.2) is 13.1 Å². The van der Waals surface area contributed by atoms with Crippen molar-refractivity contribution in [3.05, 3.63) is 0 Å². The number of unbranched alkanes of at least 4 members (excludes halogenated alkanes) is 5. The molecule has 12 heavy (non-hydrogen) atoms. The lowest BCUT2D eigenvalue weighted by Crippen LogP contribution is -1.98. The summed E-state index contributed by atoms with van der Waals surface area (Å²) in [5.41, 5.74) is 0. The quantitative estimate of drug-likeness (QED) is 0.337. The van der Waals surface area contributed by atoms with Gasteiger partial charge in [-0.25, -0.2) is 0 Å². The van der Waals surface area contributed by atoms with Crippen LogP contribution < -0.4 is 0 Å². The summed E-state index contributed by atoms with van der Waals surface area (Å²) in [4.78, 5) is 10.7. The average molecular weight is 174 g/mol. The lowest BCUT2D eigenvalue weighted by Gasteiger charge is -1.99. The third-order valence-electron chi connectivity index (χ3n) is 1.96. The van der Waals surface area contributed by atoms with E-state index in [1.807, 2.05) is 0 Å². The zero-order valence-electron chi connectivity index (χ0n) is 8.27. The predicted molar refractivity (Wildman–Crippen MR) is 50.0 cm³/mol. The van der Waals surface area contributed by atoms with Gasteiger partial charge in [-0.2, -0.15) is 0 Å². The third kappa shape index (κ3) is 7.58. The molecule has 0 aliphatic heterocycles. The van der Waals surface area contributed by atoms with Crippen LogP contribution in [0.4, 0.5) is 0 Å². The maximum Gasteiger partial charge on any atom is 0.305 e. The number of carbonyl (C=O) groups is 1. The molecule has 2 nitrogen and oxygen atoms in total. The Bertz CT molecular complexity index is 110. The number of hydrogen-bond acceptors (Lipinski definition) is 2. The molecular formula is C10H20O2. The molecule has 0 radical (unpaired) electrons. The Morgan fingerprint density at radius 3 is 2.25 bits per heavy atom. The summed E-state index contributed by atoms with van der Waals surface area (Å²) in [7, 11) is 1.44. The zero-order chi connectivity index (χ0) is 9.23. The van der Waals surface area contributed by atoms with Crippen molar-refractivity contribution in [2.75, 3.05) is 7.11 Å². The van der Waals surface area contributed by atoms with Crippen molar-refractivity contribution < 1.29 is 9.53 Å². The Labute approximate surface area is 75.3 Å². The van der Waals surface area contributed by atoms with E-state index in [0.717, 1.165) is 12.8 Å². The molecule has 2 heteroatoms. The molecule has 0 spiro atoms. The fraction of sp³-hybridized carbons (Fsp3) is 0.900. The van der Waals surface area contributed by atoms with E-state index >= 15 is 0 Å². The summed E-state index contributed by atoms with van der Waals surface area (Å²) < 4.78 is 4.54. The first-order valence-corrected chi connectivity index (χ1v) is 4.88. The summed E-state index contributed by atoms with van der Waals surface area (Å²) in [6.45, 7) is 2.20. The Morgan fingerprint density at radius 2 is 1.67 bits per heavy atom. The van der Waals surface area contributed by atoms with E-state index in [9.17, 15) is 4.79 Å².